The standard InChI is InChI=1S/C18H18N2O2.C3H5NO/c21-16(14-22-17-9-5-2-6-10-17)13-20-12-11-19-18(20)15-7-3-1-4-8-15;1-2-5-3-4-1/h1-12,16,21H,13-14H2;3H,1-2H2. The molecule has 1 atom stereocenters. The largest absolute Gasteiger partial charge is 0.491 e. The van der Waals surface area contributed by atoms with Crippen LogP contribution in [-0.4, -0.2) is 46.9 Å². The van der Waals surface area contributed by atoms with Crippen molar-refractivity contribution in [2.75, 3.05) is 19.8 Å². The van der Waals surface area contributed by atoms with E-state index in [2.05, 4.69) is 14.7 Å². The fourth-order valence-electron chi connectivity index (χ4n) is 2.56. The molecule has 27 heavy (non-hydrogen) atoms. The summed E-state index contributed by atoms with van der Waals surface area (Å²) in [6.45, 7) is 2.31. The van der Waals surface area contributed by atoms with Crippen molar-refractivity contribution in [3.8, 4) is 17.1 Å². The maximum Gasteiger partial charge on any atom is 0.169 e. The highest BCUT2D eigenvalue weighted by atomic mass is 16.5. The summed E-state index contributed by atoms with van der Waals surface area (Å²) in [5, 5.41) is 10.2. The second-order valence-corrected chi connectivity index (χ2v) is 5.93. The highest BCUT2D eigenvalue weighted by molar-refractivity contribution is 5.55. The number of ether oxygens (including phenoxy) is 2. The van der Waals surface area contributed by atoms with Crippen molar-refractivity contribution in [2.24, 2.45) is 4.99 Å². The fourth-order valence-corrected chi connectivity index (χ4v) is 2.56. The lowest BCUT2D eigenvalue weighted by Crippen LogP contribution is -2.23. The van der Waals surface area contributed by atoms with Gasteiger partial charge in [0.05, 0.1) is 13.1 Å². The minimum atomic E-state index is -0.600. The van der Waals surface area contributed by atoms with E-state index in [-0.39, 0.29) is 6.61 Å². The molecule has 2 heterocycles. The van der Waals surface area contributed by atoms with Gasteiger partial charge in [0, 0.05) is 18.0 Å². The Morgan fingerprint density at radius 3 is 2.44 bits per heavy atom. The van der Waals surface area contributed by atoms with Crippen LogP contribution in [0.2, 0.25) is 0 Å². The van der Waals surface area contributed by atoms with Crippen LogP contribution in [0.25, 0.3) is 11.4 Å². The van der Waals surface area contributed by atoms with Crippen LogP contribution in [0.4, 0.5) is 0 Å². The number of nitrogens with zero attached hydrogens (tertiary/aromatic N) is 3. The molecule has 0 spiro atoms. The molecule has 0 bridgehead atoms. The molecule has 3 aromatic rings. The predicted molar refractivity (Wildman–Crippen MR) is 105 cm³/mol. The van der Waals surface area contributed by atoms with Crippen LogP contribution < -0.4 is 4.74 Å². The second-order valence-electron chi connectivity index (χ2n) is 5.93. The van der Waals surface area contributed by atoms with Crippen molar-refractivity contribution in [2.45, 2.75) is 12.6 Å². The van der Waals surface area contributed by atoms with Crippen LogP contribution in [0.3, 0.4) is 0 Å². The van der Waals surface area contributed by atoms with Crippen LogP contribution in [-0.2, 0) is 11.3 Å². The number of hydrogen-bond acceptors (Lipinski definition) is 5. The van der Waals surface area contributed by atoms with Gasteiger partial charge in [-0.2, -0.15) is 0 Å². The SMILES string of the molecule is C1=NCCO1.OC(COc1ccccc1)Cn1ccnc1-c1ccccc1. The Kier molecular flexibility index (Phi) is 7.00. The number of imidazole rings is 1. The number of rotatable bonds is 6. The van der Waals surface area contributed by atoms with Gasteiger partial charge in [-0.15, -0.1) is 0 Å². The zero-order valence-electron chi connectivity index (χ0n) is 15.0. The Morgan fingerprint density at radius 2 is 1.81 bits per heavy atom. The molecule has 0 fully saturated rings. The van der Waals surface area contributed by atoms with Crippen molar-refractivity contribution in [1.82, 2.24) is 9.55 Å². The van der Waals surface area contributed by atoms with E-state index in [9.17, 15) is 5.11 Å². The molecule has 6 heteroatoms. The number of para-hydroxylation sites is 1. The summed E-state index contributed by atoms with van der Waals surface area (Å²) in [6, 6.07) is 19.4. The molecule has 1 N–H and O–H groups in total. The van der Waals surface area contributed by atoms with Crippen molar-refractivity contribution < 1.29 is 14.6 Å². The van der Waals surface area contributed by atoms with Gasteiger partial charge in [-0.3, -0.25) is 4.99 Å². The Labute approximate surface area is 158 Å². The van der Waals surface area contributed by atoms with Gasteiger partial charge in [-0.05, 0) is 12.1 Å². The lowest BCUT2D eigenvalue weighted by molar-refractivity contribution is 0.0929. The maximum atomic E-state index is 10.2. The lowest BCUT2D eigenvalue weighted by Gasteiger charge is -2.14. The molecule has 1 aromatic heterocycles. The maximum absolute atomic E-state index is 10.2. The zero-order valence-corrected chi connectivity index (χ0v) is 15.0. The summed E-state index contributed by atoms with van der Waals surface area (Å²) >= 11 is 0. The van der Waals surface area contributed by atoms with Crippen molar-refractivity contribution >= 4 is 6.40 Å². The first-order chi connectivity index (χ1) is 13.3. The predicted octanol–water partition coefficient (Wildman–Crippen LogP) is 3.03. The van der Waals surface area contributed by atoms with Crippen LogP contribution >= 0.6 is 0 Å². The number of aliphatic hydroxyl groups excluding tert-OH is 1. The summed E-state index contributed by atoms with van der Waals surface area (Å²) in [7, 11) is 0. The van der Waals surface area contributed by atoms with Gasteiger partial charge in [0.1, 0.15) is 30.9 Å². The van der Waals surface area contributed by atoms with Crippen molar-refractivity contribution in [3.05, 3.63) is 73.1 Å². The monoisotopic (exact) mass is 365 g/mol. The summed E-state index contributed by atoms with van der Waals surface area (Å²) in [4.78, 5) is 8.10. The van der Waals surface area contributed by atoms with Gasteiger partial charge >= 0.3 is 0 Å². The number of aromatic nitrogens is 2. The summed E-state index contributed by atoms with van der Waals surface area (Å²) < 4.78 is 12.2. The van der Waals surface area contributed by atoms with Crippen LogP contribution in [0.1, 0.15) is 0 Å². The average Bonchev–Trinajstić information content (AvgIpc) is 3.43. The van der Waals surface area contributed by atoms with Gasteiger partial charge in [0.25, 0.3) is 0 Å². The highest BCUT2D eigenvalue weighted by Crippen LogP contribution is 2.17. The van der Waals surface area contributed by atoms with E-state index in [1.165, 1.54) is 6.40 Å². The Balaban J connectivity index is 0.000000364. The number of aliphatic hydroxyl groups is 1. The second kappa shape index (κ2) is 10.1. The molecule has 0 amide bonds. The molecule has 1 aliphatic rings. The molecule has 0 saturated heterocycles. The normalized spacial score (nSPS) is 13.4. The minimum absolute atomic E-state index is 0.246. The summed E-state index contributed by atoms with van der Waals surface area (Å²) in [6.07, 6.45) is 4.50. The molecule has 4 rings (SSSR count). The quantitative estimate of drug-likeness (QED) is 0.729. The molecule has 0 saturated carbocycles. The smallest absolute Gasteiger partial charge is 0.169 e. The van der Waals surface area contributed by atoms with E-state index in [4.69, 9.17) is 4.74 Å². The first-order valence-electron chi connectivity index (χ1n) is 8.85. The average molecular weight is 365 g/mol. The lowest BCUT2D eigenvalue weighted by atomic mass is 10.2. The summed E-state index contributed by atoms with van der Waals surface area (Å²) in [5.41, 5.74) is 1.03. The number of benzene rings is 2. The number of aliphatic imine (C=N–C) groups is 1. The van der Waals surface area contributed by atoms with Crippen LogP contribution in [0.15, 0.2) is 78.0 Å². The molecule has 0 aliphatic carbocycles. The minimum Gasteiger partial charge on any atom is -0.491 e. The molecule has 2 aromatic carbocycles. The van der Waals surface area contributed by atoms with Gasteiger partial charge in [-0.25, -0.2) is 4.98 Å². The topological polar surface area (TPSA) is 68.9 Å². The first-order valence-corrected chi connectivity index (χ1v) is 8.85. The van der Waals surface area contributed by atoms with Gasteiger partial charge in [0.15, 0.2) is 6.40 Å². The molecule has 6 nitrogen and oxygen atoms in total. The first kappa shape index (κ1) is 18.7. The third-order valence-corrected chi connectivity index (χ3v) is 3.83. The Bertz CT molecular complexity index is 813. The van der Waals surface area contributed by atoms with Crippen molar-refractivity contribution in [3.63, 3.8) is 0 Å². The third-order valence-electron chi connectivity index (χ3n) is 3.83. The molecule has 140 valence electrons. The molecular formula is C21H23N3O3. The highest BCUT2D eigenvalue weighted by Gasteiger charge is 2.11. The van der Waals surface area contributed by atoms with Crippen molar-refractivity contribution in [1.29, 1.82) is 0 Å². The Hall–Kier alpha value is -3.12. The molecule has 1 unspecified atom stereocenters. The molecular weight excluding hydrogens is 342 g/mol. The number of hydrogen-bond donors (Lipinski definition) is 1. The van der Waals surface area contributed by atoms with E-state index in [0.717, 1.165) is 30.3 Å². The van der Waals surface area contributed by atoms with Crippen LogP contribution in [0, 0.1) is 0 Å². The van der Waals surface area contributed by atoms with Gasteiger partial charge in [0.2, 0.25) is 0 Å². The molecule has 1 aliphatic heterocycles. The Morgan fingerprint density at radius 1 is 1.07 bits per heavy atom. The zero-order chi connectivity index (χ0) is 18.7. The molecule has 0 radical (unpaired) electrons. The van der Waals surface area contributed by atoms with Gasteiger partial charge in [-0.1, -0.05) is 48.5 Å². The summed E-state index contributed by atoms with van der Waals surface area (Å²) in [5.74, 6) is 1.61. The van der Waals surface area contributed by atoms with Crippen LogP contribution in [0.5, 0.6) is 5.75 Å². The van der Waals surface area contributed by atoms with E-state index in [1.54, 1.807) is 6.20 Å². The van der Waals surface area contributed by atoms with E-state index < -0.39 is 6.10 Å². The van der Waals surface area contributed by atoms with E-state index in [0.29, 0.717) is 6.54 Å². The van der Waals surface area contributed by atoms with E-state index in [1.807, 2.05) is 71.4 Å². The van der Waals surface area contributed by atoms with E-state index >= 15 is 0 Å². The van der Waals surface area contributed by atoms with Gasteiger partial charge < -0.3 is 19.1 Å². The third kappa shape index (κ3) is 5.97. The fraction of sp³-hybridized carbons (Fsp3) is 0.238.